The van der Waals surface area contributed by atoms with Gasteiger partial charge in [0.25, 0.3) is 11.8 Å². The minimum atomic E-state index is -0.286. The second-order valence-corrected chi connectivity index (χ2v) is 9.55. The highest BCUT2D eigenvalue weighted by atomic mass is 16.5. The van der Waals surface area contributed by atoms with Crippen LogP contribution in [0, 0.1) is 0 Å². The molecule has 0 spiro atoms. The maximum absolute atomic E-state index is 12.7. The largest absolute Gasteiger partial charge is 0.490 e. The molecule has 0 saturated heterocycles. The van der Waals surface area contributed by atoms with E-state index in [0.717, 1.165) is 11.5 Å². The van der Waals surface area contributed by atoms with Gasteiger partial charge in [0.1, 0.15) is 49.4 Å². The SMILES string of the molecule is O=C(Nc1ccc(OCCOc2ccccc2)cc1)c1ccc(C(=O)Nc2ccc(OCCOc3ccccc3)cc2)cc1. The summed E-state index contributed by atoms with van der Waals surface area (Å²) in [5, 5.41) is 5.71. The van der Waals surface area contributed by atoms with E-state index in [0.29, 0.717) is 60.4 Å². The van der Waals surface area contributed by atoms with Gasteiger partial charge in [-0.15, -0.1) is 0 Å². The van der Waals surface area contributed by atoms with E-state index in [-0.39, 0.29) is 11.8 Å². The minimum Gasteiger partial charge on any atom is -0.490 e. The first-order valence-electron chi connectivity index (χ1n) is 14.2. The van der Waals surface area contributed by atoms with Crippen LogP contribution in [-0.2, 0) is 0 Å². The molecule has 0 bridgehead atoms. The predicted octanol–water partition coefficient (Wildman–Crippen LogP) is 7.11. The van der Waals surface area contributed by atoms with Crippen molar-refractivity contribution in [3.63, 3.8) is 0 Å². The average Bonchev–Trinajstić information content (AvgIpc) is 3.07. The Kier molecular flexibility index (Phi) is 10.4. The number of amides is 2. The fraction of sp³-hybridized carbons (Fsp3) is 0.111. The number of rotatable bonds is 14. The van der Waals surface area contributed by atoms with Gasteiger partial charge in [0, 0.05) is 22.5 Å². The highest BCUT2D eigenvalue weighted by Gasteiger charge is 2.10. The number of nitrogens with one attached hydrogen (secondary N) is 2. The number of carbonyl (C=O) groups is 2. The van der Waals surface area contributed by atoms with Crippen LogP contribution in [0.15, 0.2) is 133 Å². The molecule has 0 saturated carbocycles. The van der Waals surface area contributed by atoms with Gasteiger partial charge in [-0.2, -0.15) is 0 Å². The molecular weight excluding hydrogens is 556 g/mol. The van der Waals surface area contributed by atoms with E-state index in [1.54, 1.807) is 72.8 Å². The molecule has 0 fully saturated rings. The van der Waals surface area contributed by atoms with Gasteiger partial charge in [0.05, 0.1) is 0 Å². The highest BCUT2D eigenvalue weighted by Crippen LogP contribution is 2.19. The summed E-state index contributed by atoms with van der Waals surface area (Å²) in [6.07, 6.45) is 0. The Morgan fingerprint density at radius 3 is 1.00 bits per heavy atom. The first-order valence-corrected chi connectivity index (χ1v) is 14.2. The van der Waals surface area contributed by atoms with Crippen LogP contribution >= 0.6 is 0 Å². The molecule has 2 amide bonds. The van der Waals surface area contributed by atoms with Crippen molar-refractivity contribution >= 4 is 23.2 Å². The molecule has 0 aliphatic carbocycles. The van der Waals surface area contributed by atoms with Gasteiger partial charge in [-0.3, -0.25) is 9.59 Å². The van der Waals surface area contributed by atoms with Gasteiger partial charge < -0.3 is 29.6 Å². The first-order chi connectivity index (χ1) is 21.6. The Bertz CT molecular complexity index is 1480. The highest BCUT2D eigenvalue weighted by molar-refractivity contribution is 6.07. The molecule has 8 heteroatoms. The number of hydrogen-bond acceptors (Lipinski definition) is 6. The number of ether oxygens (including phenoxy) is 4. The lowest BCUT2D eigenvalue weighted by Crippen LogP contribution is -2.14. The number of benzene rings is 5. The van der Waals surface area contributed by atoms with E-state index in [9.17, 15) is 9.59 Å². The van der Waals surface area contributed by atoms with Crippen LogP contribution in [0.5, 0.6) is 23.0 Å². The number of hydrogen-bond donors (Lipinski definition) is 2. The van der Waals surface area contributed by atoms with Gasteiger partial charge in [0.2, 0.25) is 0 Å². The Labute approximate surface area is 256 Å². The topological polar surface area (TPSA) is 95.1 Å². The number of para-hydroxylation sites is 2. The van der Waals surface area contributed by atoms with Crippen LogP contribution in [0.4, 0.5) is 11.4 Å². The quantitative estimate of drug-likeness (QED) is 0.134. The first kappa shape index (κ1) is 29.7. The van der Waals surface area contributed by atoms with Gasteiger partial charge in [-0.1, -0.05) is 36.4 Å². The van der Waals surface area contributed by atoms with Crippen LogP contribution in [0.2, 0.25) is 0 Å². The van der Waals surface area contributed by atoms with Crippen molar-refractivity contribution in [1.82, 2.24) is 0 Å². The smallest absolute Gasteiger partial charge is 0.255 e. The summed E-state index contributed by atoms with van der Waals surface area (Å²) < 4.78 is 22.6. The van der Waals surface area contributed by atoms with Gasteiger partial charge in [0.15, 0.2) is 0 Å². The molecule has 0 unspecified atom stereocenters. The van der Waals surface area contributed by atoms with Crippen molar-refractivity contribution < 1.29 is 28.5 Å². The van der Waals surface area contributed by atoms with E-state index in [4.69, 9.17) is 18.9 Å². The molecule has 5 rings (SSSR count). The second kappa shape index (κ2) is 15.5. The molecule has 8 nitrogen and oxygen atoms in total. The summed E-state index contributed by atoms with van der Waals surface area (Å²) in [5.41, 5.74) is 2.11. The molecule has 5 aromatic rings. The maximum atomic E-state index is 12.7. The normalized spacial score (nSPS) is 10.4. The van der Waals surface area contributed by atoms with Crippen LogP contribution in [-0.4, -0.2) is 38.2 Å². The summed E-state index contributed by atoms with van der Waals surface area (Å²) in [5.74, 6) is 2.36. The monoisotopic (exact) mass is 588 g/mol. The van der Waals surface area contributed by atoms with Crippen LogP contribution in [0.1, 0.15) is 20.7 Å². The second-order valence-electron chi connectivity index (χ2n) is 9.55. The van der Waals surface area contributed by atoms with E-state index >= 15 is 0 Å². The summed E-state index contributed by atoms with van der Waals surface area (Å²) >= 11 is 0. The molecule has 2 N–H and O–H groups in total. The van der Waals surface area contributed by atoms with Crippen LogP contribution in [0.3, 0.4) is 0 Å². The van der Waals surface area contributed by atoms with E-state index in [2.05, 4.69) is 10.6 Å². The third-order valence-corrected chi connectivity index (χ3v) is 6.36. The van der Waals surface area contributed by atoms with Gasteiger partial charge in [-0.05, 0) is 97.1 Å². The lowest BCUT2D eigenvalue weighted by Gasteiger charge is -2.10. The number of carbonyl (C=O) groups excluding carboxylic acids is 2. The maximum Gasteiger partial charge on any atom is 0.255 e. The van der Waals surface area contributed by atoms with Crippen molar-refractivity contribution in [2.24, 2.45) is 0 Å². The molecule has 44 heavy (non-hydrogen) atoms. The molecular formula is C36H32N2O6. The Morgan fingerprint density at radius 1 is 0.386 bits per heavy atom. The summed E-state index contributed by atoms with van der Waals surface area (Å²) in [7, 11) is 0. The van der Waals surface area contributed by atoms with Crippen molar-refractivity contribution in [2.45, 2.75) is 0 Å². The molecule has 0 radical (unpaired) electrons. The third-order valence-electron chi connectivity index (χ3n) is 6.36. The Balaban J connectivity index is 1.03. The molecule has 0 aliphatic heterocycles. The third kappa shape index (κ3) is 9.12. The van der Waals surface area contributed by atoms with Crippen molar-refractivity contribution in [2.75, 3.05) is 37.1 Å². The Morgan fingerprint density at radius 2 is 0.682 bits per heavy atom. The lowest BCUT2D eigenvalue weighted by molar-refractivity contribution is 0.101. The fourth-order valence-corrected chi connectivity index (χ4v) is 4.12. The fourth-order valence-electron chi connectivity index (χ4n) is 4.12. The standard InChI is InChI=1S/C36H32N2O6/c39-35(37-29-15-19-33(20-16-29)43-25-23-41-31-7-3-1-4-8-31)27-11-13-28(14-12-27)36(40)38-30-17-21-34(22-18-30)44-26-24-42-32-9-5-2-6-10-32/h1-22H,23-26H2,(H,37,39)(H,38,40). The predicted molar refractivity (Wildman–Crippen MR) is 170 cm³/mol. The zero-order valence-corrected chi connectivity index (χ0v) is 24.0. The average molecular weight is 589 g/mol. The number of anilines is 2. The van der Waals surface area contributed by atoms with Crippen LogP contribution < -0.4 is 29.6 Å². The van der Waals surface area contributed by atoms with E-state index < -0.39 is 0 Å². The molecule has 0 aliphatic rings. The molecule has 5 aromatic carbocycles. The van der Waals surface area contributed by atoms with Gasteiger partial charge in [-0.25, -0.2) is 0 Å². The van der Waals surface area contributed by atoms with Crippen LogP contribution in [0.25, 0.3) is 0 Å². The minimum absolute atomic E-state index is 0.286. The van der Waals surface area contributed by atoms with Crippen molar-refractivity contribution in [1.29, 1.82) is 0 Å². The zero-order chi connectivity index (χ0) is 30.4. The molecule has 0 atom stereocenters. The zero-order valence-electron chi connectivity index (χ0n) is 24.0. The molecule has 222 valence electrons. The van der Waals surface area contributed by atoms with E-state index in [1.807, 2.05) is 60.7 Å². The van der Waals surface area contributed by atoms with Crippen molar-refractivity contribution in [3.05, 3.63) is 145 Å². The lowest BCUT2D eigenvalue weighted by atomic mass is 10.1. The Hall–Kier alpha value is -5.76. The molecule has 0 aromatic heterocycles. The van der Waals surface area contributed by atoms with Gasteiger partial charge >= 0.3 is 0 Å². The summed E-state index contributed by atoms with van der Waals surface area (Å²) in [6, 6.07) is 39.7. The summed E-state index contributed by atoms with van der Waals surface area (Å²) in [6.45, 7) is 1.63. The molecule has 0 heterocycles. The van der Waals surface area contributed by atoms with E-state index in [1.165, 1.54) is 0 Å². The van der Waals surface area contributed by atoms with Crippen molar-refractivity contribution in [3.8, 4) is 23.0 Å². The summed E-state index contributed by atoms with van der Waals surface area (Å²) in [4.78, 5) is 25.5.